The Kier molecular flexibility index (Phi) is 7.30. The van der Waals surface area contributed by atoms with Crippen LogP contribution in [-0.4, -0.2) is 33.5 Å². The molecule has 0 radical (unpaired) electrons. The molecule has 0 spiro atoms. The molecule has 2 amide bonds. The molecule has 174 valence electrons. The van der Waals surface area contributed by atoms with Crippen LogP contribution < -0.4 is 16.0 Å². The van der Waals surface area contributed by atoms with Crippen molar-refractivity contribution in [1.29, 1.82) is 0 Å². The third kappa shape index (κ3) is 6.03. The maximum atomic E-state index is 12.6. The molecular formula is C24H23Cl2N7O. The van der Waals surface area contributed by atoms with E-state index in [2.05, 4.69) is 35.9 Å². The lowest BCUT2D eigenvalue weighted by Crippen LogP contribution is -2.39. The van der Waals surface area contributed by atoms with E-state index < -0.39 is 6.03 Å². The average molecular weight is 496 g/mol. The molecule has 34 heavy (non-hydrogen) atoms. The fraction of sp³-hybridized carbons (Fsp3) is 0.167. The first-order valence-electron chi connectivity index (χ1n) is 10.6. The van der Waals surface area contributed by atoms with Crippen molar-refractivity contribution in [1.82, 2.24) is 20.3 Å². The van der Waals surface area contributed by atoms with Crippen LogP contribution in [0.2, 0.25) is 10.0 Å². The number of aryl methyl sites for hydroxylation is 2. The van der Waals surface area contributed by atoms with Crippen LogP contribution in [0.5, 0.6) is 0 Å². The molecule has 0 aliphatic heterocycles. The second kappa shape index (κ2) is 10.5. The zero-order chi connectivity index (χ0) is 24.1. The predicted molar refractivity (Wildman–Crippen MR) is 138 cm³/mol. The smallest absolute Gasteiger partial charge is 0.326 e. The lowest BCUT2D eigenvalue weighted by molar-refractivity contribution is 0.256. The number of para-hydroxylation sites is 1. The van der Waals surface area contributed by atoms with Crippen molar-refractivity contribution in [3.05, 3.63) is 81.7 Å². The molecule has 2 heterocycles. The summed E-state index contributed by atoms with van der Waals surface area (Å²) in [5.41, 5.74) is 4.15. The Bertz CT molecular complexity index is 1350. The number of urea groups is 1. The van der Waals surface area contributed by atoms with E-state index in [4.69, 9.17) is 23.2 Å². The number of hydrogen-bond donors (Lipinski definition) is 4. The van der Waals surface area contributed by atoms with Gasteiger partial charge in [0.05, 0.1) is 10.7 Å². The van der Waals surface area contributed by atoms with Crippen molar-refractivity contribution >= 4 is 57.7 Å². The summed E-state index contributed by atoms with van der Waals surface area (Å²) in [4.78, 5) is 29.2. The molecule has 0 atom stereocenters. The number of rotatable bonds is 5. The van der Waals surface area contributed by atoms with Gasteiger partial charge in [0.1, 0.15) is 0 Å². The molecule has 0 aliphatic rings. The number of fused-ring (bicyclic) bond motifs is 1. The number of H-pyrrole nitrogens is 1. The van der Waals surface area contributed by atoms with Crippen LogP contribution in [0.4, 0.5) is 16.4 Å². The van der Waals surface area contributed by atoms with E-state index in [9.17, 15) is 4.79 Å². The number of aromatic nitrogens is 3. The van der Waals surface area contributed by atoms with Crippen molar-refractivity contribution in [2.75, 3.05) is 17.2 Å². The first-order chi connectivity index (χ1) is 16.4. The number of aromatic amines is 1. The first kappa shape index (κ1) is 23.5. The zero-order valence-corrected chi connectivity index (χ0v) is 20.1. The Hall–Kier alpha value is -3.62. The van der Waals surface area contributed by atoms with Gasteiger partial charge in [-0.25, -0.2) is 14.8 Å². The van der Waals surface area contributed by atoms with Gasteiger partial charge in [-0.15, -0.1) is 0 Å². The Morgan fingerprint density at radius 2 is 1.79 bits per heavy atom. The highest BCUT2D eigenvalue weighted by Crippen LogP contribution is 2.23. The Labute approximate surface area is 206 Å². The van der Waals surface area contributed by atoms with E-state index in [1.165, 1.54) is 0 Å². The van der Waals surface area contributed by atoms with Gasteiger partial charge >= 0.3 is 6.03 Å². The van der Waals surface area contributed by atoms with Gasteiger partial charge in [-0.3, -0.25) is 15.6 Å². The highest BCUT2D eigenvalue weighted by atomic mass is 35.5. The van der Waals surface area contributed by atoms with E-state index >= 15 is 0 Å². The largest absolute Gasteiger partial charge is 0.361 e. The van der Waals surface area contributed by atoms with Gasteiger partial charge in [0.25, 0.3) is 0 Å². The Morgan fingerprint density at radius 1 is 1.03 bits per heavy atom. The van der Waals surface area contributed by atoms with E-state index in [0.29, 0.717) is 34.6 Å². The van der Waals surface area contributed by atoms with Gasteiger partial charge in [-0.05, 0) is 62.2 Å². The standard InChI is InChI=1S/C24H23Cl2N7O/c1-14-11-15(2)30-23(29-14)32-22(33-24(34)31-21-6-4-3-5-19(21)26)27-10-9-16-13-28-20-8-7-17(25)12-18(16)20/h3-8,11-13,28H,9-10H2,1-2H3,(H3,27,29,30,31,32,33,34). The summed E-state index contributed by atoms with van der Waals surface area (Å²) >= 11 is 12.3. The first-order valence-corrected chi connectivity index (χ1v) is 11.3. The maximum absolute atomic E-state index is 12.6. The molecule has 2 aromatic heterocycles. The summed E-state index contributed by atoms with van der Waals surface area (Å²) in [7, 11) is 0. The van der Waals surface area contributed by atoms with Crippen molar-refractivity contribution < 1.29 is 4.79 Å². The summed E-state index contributed by atoms with van der Waals surface area (Å²) < 4.78 is 0. The predicted octanol–water partition coefficient (Wildman–Crippen LogP) is 5.71. The molecule has 0 saturated carbocycles. The van der Waals surface area contributed by atoms with E-state index in [-0.39, 0.29) is 5.96 Å². The average Bonchev–Trinajstić information content (AvgIpc) is 3.16. The van der Waals surface area contributed by atoms with Crippen LogP contribution in [0.15, 0.2) is 59.7 Å². The fourth-order valence-electron chi connectivity index (χ4n) is 3.47. The Balaban J connectivity index is 1.52. The Morgan fingerprint density at radius 3 is 2.56 bits per heavy atom. The minimum Gasteiger partial charge on any atom is -0.361 e. The fourth-order valence-corrected chi connectivity index (χ4v) is 3.82. The normalized spacial score (nSPS) is 11.5. The third-order valence-electron chi connectivity index (χ3n) is 4.95. The molecule has 8 nitrogen and oxygen atoms in total. The molecule has 2 aromatic carbocycles. The van der Waals surface area contributed by atoms with E-state index in [0.717, 1.165) is 27.9 Å². The number of halogens is 2. The number of amides is 2. The molecule has 0 fully saturated rings. The number of carbonyl (C=O) groups excluding carboxylic acids is 1. The quantitative estimate of drug-likeness (QED) is 0.210. The third-order valence-corrected chi connectivity index (χ3v) is 5.51. The highest BCUT2D eigenvalue weighted by molar-refractivity contribution is 6.33. The van der Waals surface area contributed by atoms with Gasteiger partial charge in [-0.1, -0.05) is 35.3 Å². The van der Waals surface area contributed by atoms with Crippen LogP contribution in [-0.2, 0) is 6.42 Å². The van der Waals surface area contributed by atoms with Gasteiger partial charge in [0, 0.05) is 40.1 Å². The monoisotopic (exact) mass is 495 g/mol. The van der Waals surface area contributed by atoms with Gasteiger partial charge in [0.2, 0.25) is 11.9 Å². The summed E-state index contributed by atoms with van der Waals surface area (Å²) in [6, 6.07) is 14.0. The van der Waals surface area contributed by atoms with Crippen LogP contribution in [0.25, 0.3) is 10.9 Å². The lowest BCUT2D eigenvalue weighted by atomic mass is 10.1. The SMILES string of the molecule is Cc1cc(C)nc(NC(=NCCc2c[nH]c3ccc(Cl)cc23)NC(=O)Nc2ccccc2Cl)n1. The van der Waals surface area contributed by atoms with Crippen LogP contribution in [0, 0.1) is 13.8 Å². The van der Waals surface area contributed by atoms with Crippen molar-refractivity contribution in [3.63, 3.8) is 0 Å². The van der Waals surface area contributed by atoms with Crippen molar-refractivity contribution in [2.24, 2.45) is 4.99 Å². The van der Waals surface area contributed by atoms with Crippen LogP contribution >= 0.6 is 23.2 Å². The molecule has 0 unspecified atom stereocenters. The molecule has 0 saturated heterocycles. The van der Waals surface area contributed by atoms with E-state index in [1.54, 1.807) is 24.3 Å². The van der Waals surface area contributed by atoms with Gasteiger partial charge in [0.15, 0.2) is 0 Å². The number of anilines is 2. The number of benzene rings is 2. The minimum absolute atomic E-state index is 0.215. The van der Waals surface area contributed by atoms with Crippen molar-refractivity contribution in [3.8, 4) is 0 Å². The lowest BCUT2D eigenvalue weighted by Gasteiger charge is -2.13. The number of hydrogen-bond acceptors (Lipinski definition) is 4. The molecule has 0 aliphatic carbocycles. The van der Waals surface area contributed by atoms with Crippen LogP contribution in [0.3, 0.4) is 0 Å². The summed E-state index contributed by atoms with van der Waals surface area (Å²) in [5.74, 6) is 0.556. The second-order valence-corrected chi connectivity index (χ2v) is 8.49. The summed E-state index contributed by atoms with van der Waals surface area (Å²) in [5, 5.41) is 10.6. The molecule has 4 aromatic rings. The minimum atomic E-state index is -0.498. The molecule has 0 bridgehead atoms. The van der Waals surface area contributed by atoms with Gasteiger partial charge < -0.3 is 10.3 Å². The molecule has 10 heteroatoms. The molecule has 4 rings (SSSR count). The number of nitrogens with zero attached hydrogens (tertiary/aromatic N) is 3. The number of carbonyl (C=O) groups is 1. The van der Waals surface area contributed by atoms with Gasteiger partial charge in [-0.2, -0.15) is 0 Å². The van der Waals surface area contributed by atoms with Crippen molar-refractivity contribution in [2.45, 2.75) is 20.3 Å². The number of guanidine groups is 1. The summed E-state index contributed by atoms with van der Waals surface area (Å²) in [6.07, 6.45) is 2.57. The zero-order valence-electron chi connectivity index (χ0n) is 18.6. The number of aliphatic imine (C=N–C) groups is 1. The highest BCUT2D eigenvalue weighted by Gasteiger charge is 2.11. The maximum Gasteiger partial charge on any atom is 0.326 e. The number of nitrogens with one attached hydrogen (secondary N) is 4. The second-order valence-electron chi connectivity index (χ2n) is 7.64. The van der Waals surface area contributed by atoms with Crippen LogP contribution in [0.1, 0.15) is 17.0 Å². The van der Waals surface area contributed by atoms with E-state index in [1.807, 2.05) is 44.3 Å². The molecular weight excluding hydrogens is 473 g/mol. The summed E-state index contributed by atoms with van der Waals surface area (Å²) in [6.45, 7) is 4.14. The topological polar surface area (TPSA) is 107 Å². The molecule has 4 N–H and O–H groups in total.